The van der Waals surface area contributed by atoms with Gasteiger partial charge in [-0.2, -0.15) is 0 Å². The summed E-state index contributed by atoms with van der Waals surface area (Å²) in [6.45, 7) is 3.25. The van der Waals surface area contributed by atoms with Crippen LogP contribution in [0.15, 0.2) is 18.2 Å². The Morgan fingerprint density at radius 3 is 2.15 bits per heavy atom. The number of rotatable bonds is 6. The molecule has 0 bridgehead atoms. The number of sulfonamides is 1. The van der Waals surface area contributed by atoms with Gasteiger partial charge in [0.2, 0.25) is 10.0 Å². The number of hydrogen-bond donors (Lipinski definition) is 2. The van der Waals surface area contributed by atoms with Crippen LogP contribution in [-0.4, -0.2) is 25.5 Å². The number of carboxylic acids is 1. The van der Waals surface area contributed by atoms with Gasteiger partial charge in [0, 0.05) is 10.0 Å². The van der Waals surface area contributed by atoms with Crippen LogP contribution in [0.4, 0.5) is 0 Å². The molecule has 0 saturated heterocycles. The van der Waals surface area contributed by atoms with Crippen molar-refractivity contribution in [3.63, 3.8) is 0 Å². The van der Waals surface area contributed by atoms with Gasteiger partial charge < -0.3 is 5.11 Å². The number of nitrogens with one attached hydrogen (secondary N) is 1. The Kier molecular flexibility index (Phi) is 5.82. The summed E-state index contributed by atoms with van der Waals surface area (Å²) in [6.07, 6.45) is 0. The summed E-state index contributed by atoms with van der Waals surface area (Å²) in [5, 5.41) is 9.63. The van der Waals surface area contributed by atoms with E-state index in [1.165, 1.54) is 18.2 Å². The van der Waals surface area contributed by atoms with E-state index in [0.29, 0.717) is 15.6 Å². The van der Waals surface area contributed by atoms with Crippen LogP contribution >= 0.6 is 23.2 Å². The quantitative estimate of drug-likeness (QED) is 0.834. The van der Waals surface area contributed by atoms with Gasteiger partial charge in [0.05, 0.1) is 5.75 Å². The molecule has 0 unspecified atom stereocenters. The highest BCUT2D eigenvalue weighted by Crippen LogP contribution is 2.20. The molecule has 1 aromatic rings. The molecule has 0 saturated carbocycles. The molecular formula is C12H15Cl2NO4S. The summed E-state index contributed by atoms with van der Waals surface area (Å²) in [5.41, 5.74) is 0.392. The Balaban J connectivity index is 2.92. The highest BCUT2D eigenvalue weighted by molar-refractivity contribution is 7.88. The van der Waals surface area contributed by atoms with Gasteiger partial charge in [-0.15, -0.1) is 0 Å². The van der Waals surface area contributed by atoms with Crippen LogP contribution in [0.1, 0.15) is 19.4 Å². The first-order valence-electron chi connectivity index (χ1n) is 5.78. The van der Waals surface area contributed by atoms with Crippen molar-refractivity contribution < 1.29 is 18.3 Å². The minimum atomic E-state index is -3.81. The monoisotopic (exact) mass is 339 g/mol. The van der Waals surface area contributed by atoms with Crippen molar-refractivity contribution >= 4 is 39.2 Å². The first kappa shape index (κ1) is 17.2. The largest absolute Gasteiger partial charge is 0.480 e. The third kappa shape index (κ3) is 5.28. The Labute approximate surface area is 127 Å². The molecule has 0 spiro atoms. The van der Waals surface area contributed by atoms with Crippen LogP contribution in [0.2, 0.25) is 10.0 Å². The number of hydrogen-bond acceptors (Lipinski definition) is 3. The van der Waals surface area contributed by atoms with Gasteiger partial charge in [-0.05, 0) is 29.7 Å². The van der Waals surface area contributed by atoms with Crippen molar-refractivity contribution in [3.8, 4) is 0 Å². The van der Waals surface area contributed by atoms with E-state index in [-0.39, 0.29) is 11.7 Å². The summed E-state index contributed by atoms with van der Waals surface area (Å²) in [6, 6.07) is 3.26. The SMILES string of the molecule is CC(C)[C@@H](NS(=O)(=O)Cc1cc(Cl)cc(Cl)c1)C(=O)O. The van der Waals surface area contributed by atoms with Crippen molar-refractivity contribution in [3.05, 3.63) is 33.8 Å². The highest BCUT2D eigenvalue weighted by Gasteiger charge is 2.27. The fourth-order valence-corrected chi connectivity index (χ4v) is 3.64. The number of carbonyl (C=O) groups is 1. The summed E-state index contributed by atoms with van der Waals surface area (Å²) in [5.74, 6) is -1.97. The number of benzene rings is 1. The van der Waals surface area contributed by atoms with Gasteiger partial charge in [0.25, 0.3) is 0 Å². The molecule has 0 amide bonds. The van der Waals surface area contributed by atoms with Crippen LogP contribution < -0.4 is 4.72 Å². The molecule has 20 heavy (non-hydrogen) atoms. The molecule has 0 aliphatic rings. The molecule has 2 N–H and O–H groups in total. The Morgan fingerprint density at radius 1 is 1.25 bits per heavy atom. The maximum absolute atomic E-state index is 12.0. The molecule has 0 aromatic heterocycles. The van der Waals surface area contributed by atoms with Crippen LogP contribution in [0.3, 0.4) is 0 Å². The maximum atomic E-state index is 12.0. The van der Waals surface area contributed by atoms with Crippen molar-refractivity contribution in [2.75, 3.05) is 0 Å². The summed E-state index contributed by atoms with van der Waals surface area (Å²) in [7, 11) is -3.81. The van der Waals surface area contributed by atoms with E-state index in [1.807, 2.05) is 0 Å². The second-order valence-electron chi connectivity index (χ2n) is 4.71. The molecule has 0 heterocycles. The fraction of sp³-hybridized carbons (Fsp3) is 0.417. The normalized spacial score (nSPS) is 13.4. The molecule has 1 rings (SSSR count). The number of aliphatic carboxylic acids is 1. The van der Waals surface area contributed by atoms with Gasteiger partial charge in [-0.1, -0.05) is 37.0 Å². The van der Waals surface area contributed by atoms with E-state index in [0.717, 1.165) is 0 Å². The van der Waals surface area contributed by atoms with Gasteiger partial charge >= 0.3 is 5.97 Å². The van der Waals surface area contributed by atoms with Crippen molar-refractivity contribution in [1.82, 2.24) is 4.72 Å². The van der Waals surface area contributed by atoms with Crippen LogP contribution in [-0.2, 0) is 20.6 Å². The van der Waals surface area contributed by atoms with E-state index in [2.05, 4.69) is 4.72 Å². The Bertz CT molecular complexity index is 581. The van der Waals surface area contributed by atoms with Crippen molar-refractivity contribution in [2.45, 2.75) is 25.6 Å². The zero-order chi connectivity index (χ0) is 15.5. The second-order valence-corrected chi connectivity index (χ2v) is 7.34. The van der Waals surface area contributed by atoms with Crippen molar-refractivity contribution in [2.24, 2.45) is 5.92 Å². The van der Waals surface area contributed by atoms with Crippen LogP contribution in [0, 0.1) is 5.92 Å². The number of carboxylic acid groups (broad SMARTS) is 1. The molecule has 1 aromatic carbocycles. The molecule has 1 atom stereocenters. The average molecular weight is 340 g/mol. The zero-order valence-electron chi connectivity index (χ0n) is 10.9. The molecule has 5 nitrogen and oxygen atoms in total. The lowest BCUT2D eigenvalue weighted by Crippen LogP contribution is -2.44. The number of halogens is 2. The predicted octanol–water partition coefficient (Wildman–Crippen LogP) is 2.52. The van der Waals surface area contributed by atoms with E-state index < -0.39 is 22.0 Å². The molecule has 0 fully saturated rings. The smallest absolute Gasteiger partial charge is 0.321 e. The Hall–Kier alpha value is -0.820. The van der Waals surface area contributed by atoms with Crippen molar-refractivity contribution in [1.29, 1.82) is 0 Å². The first-order valence-corrected chi connectivity index (χ1v) is 8.19. The van der Waals surface area contributed by atoms with E-state index in [9.17, 15) is 13.2 Å². The minimum absolute atomic E-state index is 0.321. The highest BCUT2D eigenvalue weighted by atomic mass is 35.5. The van der Waals surface area contributed by atoms with Gasteiger partial charge in [0.1, 0.15) is 6.04 Å². The van der Waals surface area contributed by atoms with E-state index >= 15 is 0 Å². The summed E-state index contributed by atoms with van der Waals surface area (Å²) < 4.78 is 26.1. The van der Waals surface area contributed by atoms with Crippen LogP contribution in [0.5, 0.6) is 0 Å². The minimum Gasteiger partial charge on any atom is -0.480 e. The third-order valence-corrected chi connectivity index (χ3v) is 4.28. The molecular weight excluding hydrogens is 325 g/mol. The topological polar surface area (TPSA) is 83.5 Å². The summed E-state index contributed by atoms with van der Waals surface area (Å²) >= 11 is 11.6. The molecule has 0 aliphatic carbocycles. The maximum Gasteiger partial charge on any atom is 0.321 e. The standard InChI is InChI=1S/C12H15Cl2NO4S/c1-7(2)11(12(16)17)15-20(18,19)6-8-3-9(13)5-10(14)4-8/h3-5,7,11,15H,6H2,1-2H3,(H,16,17)/t11-/m1/s1. The zero-order valence-corrected chi connectivity index (χ0v) is 13.3. The van der Waals surface area contributed by atoms with Crippen LogP contribution in [0.25, 0.3) is 0 Å². The molecule has 8 heteroatoms. The lowest BCUT2D eigenvalue weighted by atomic mass is 10.1. The van der Waals surface area contributed by atoms with Gasteiger partial charge in [0.15, 0.2) is 0 Å². The second kappa shape index (κ2) is 6.76. The molecule has 112 valence electrons. The lowest BCUT2D eigenvalue weighted by Gasteiger charge is -2.18. The van der Waals surface area contributed by atoms with E-state index in [1.54, 1.807) is 13.8 Å². The molecule has 0 radical (unpaired) electrons. The lowest BCUT2D eigenvalue weighted by molar-refractivity contribution is -0.140. The van der Waals surface area contributed by atoms with E-state index in [4.69, 9.17) is 28.3 Å². The van der Waals surface area contributed by atoms with Gasteiger partial charge in [-0.3, -0.25) is 4.79 Å². The average Bonchev–Trinajstić information content (AvgIpc) is 2.22. The fourth-order valence-electron chi connectivity index (χ4n) is 1.62. The first-order chi connectivity index (χ1) is 9.10. The predicted molar refractivity (Wildman–Crippen MR) is 78.5 cm³/mol. The summed E-state index contributed by atoms with van der Waals surface area (Å²) in [4.78, 5) is 11.0. The Morgan fingerprint density at radius 2 is 1.75 bits per heavy atom. The van der Waals surface area contributed by atoms with Gasteiger partial charge in [-0.25, -0.2) is 13.1 Å². The third-order valence-electron chi connectivity index (χ3n) is 2.52. The molecule has 0 aliphatic heterocycles.